The van der Waals surface area contributed by atoms with Crippen LogP contribution in [0.4, 0.5) is 5.13 Å². The molecule has 0 aliphatic rings. The summed E-state index contributed by atoms with van der Waals surface area (Å²) < 4.78 is 1.10. The number of rotatable bonds is 4. The van der Waals surface area contributed by atoms with Crippen LogP contribution in [0.25, 0.3) is 0 Å². The first-order valence-electron chi connectivity index (χ1n) is 5.72. The number of aryl methyl sites for hydroxylation is 1. The molecule has 2 N–H and O–H groups in total. The van der Waals surface area contributed by atoms with Crippen molar-refractivity contribution in [1.29, 1.82) is 0 Å². The molecule has 0 aliphatic heterocycles. The highest BCUT2D eigenvalue weighted by Crippen LogP contribution is 2.26. The van der Waals surface area contributed by atoms with Gasteiger partial charge >= 0.3 is 0 Å². The smallest absolute Gasteiger partial charge is 0.185 e. The Labute approximate surface area is 120 Å². The number of thiazole rings is 1. The van der Waals surface area contributed by atoms with Crippen molar-refractivity contribution >= 4 is 32.4 Å². The second-order valence-electron chi connectivity index (χ2n) is 4.20. The monoisotopic (exact) mass is 325 g/mol. The minimum Gasteiger partial charge on any atom is -0.347 e. The highest BCUT2D eigenvalue weighted by Gasteiger charge is 2.10. The van der Waals surface area contributed by atoms with Crippen molar-refractivity contribution in [2.45, 2.75) is 20.0 Å². The molecule has 1 heterocycles. The van der Waals surface area contributed by atoms with Crippen molar-refractivity contribution in [3.63, 3.8) is 0 Å². The maximum absolute atomic E-state index is 5.68. The van der Waals surface area contributed by atoms with Crippen molar-refractivity contribution < 1.29 is 0 Å². The summed E-state index contributed by atoms with van der Waals surface area (Å²) in [5.74, 6) is 0. The molecule has 0 atom stereocenters. The van der Waals surface area contributed by atoms with Gasteiger partial charge in [0.2, 0.25) is 0 Å². The van der Waals surface area contributed by atoms with Crippen LogP contribution in [0.1, 0.15) is 16.1 Å². The minimum atomic E-state index is 0.564. The van der Waals surface area contributed by atoms with E-state index in [4.69, 9.17) is 5.73 Å². The van der Waals surface area contributed by atoms with Crippen LogP contribution in [0.5, 0.6) is 0 Å². The summed E-state index contributed by atoms with van der Waals surface area (Å²) in [4.78, 5) is 7.86. The van der Waals surface area contributed by atoms with Crippen molar-refractivity contribution in [3.8, 4) is 0 Å². The van der Waals surface area contributed by atoms with Crippen LogP contribution >= 0.6 is 27.3 Å². The number of aromatic nitrogens is 1. The fraction of sp³-hybridized carbons (Fsp3) is 0.308. The molecule has 0 unspecified atom stereocenters. The number of anilines is 1. The predicted octanol–water partition coefficient (Wildman–Crippen LogP) is 3.31. The maximum Gasteiger partial charge on any atom is 0.185 e. The van der Waals surface area contributed by atoms with Gasteiger partial charge < -0.3 is 10.6 Å². The highest BCUT2D eigenvalue weighted by atomic mass is 79.9. The summed E-state index contributed by atoms with van der Waals surface area (Å²) >= 11 is 5.16. The SMILES string of the molecule is Cc1nc(N(C)Cc2cccc(Br)c2)sc1CN. The van der Waals surface area contributed by atoms with Gasteiger partial charge in [-0.3, -0.25) is 0 Å². The molecular formula is C13H16BrN3S. The van der Waals surface area contributed by atoms with Gasteiger partial charge in [-0.1, -0.05) is 28.1 Å². The topological polar surface area (TPSA) is 42.2 Å². The van der Waals surface area contributed by atoms with E-state index >= 15 is 0 Å². The zero-order valence-electron chi connectivity index (χ0n) is 10.5. The molecule has 1 aromatic carbocycles. The van der Waals surface area contributed by atoms with E-state index in [0.29, 0.717) is 6.54 Å². The molecule has 0 saturated heterocycles. The number of hydrogen-bond acceptors (Lipinski definition) is 4. The normalized spacial score (nSPS) is 10.7. The van der Waals surface area contributed by atoms with Crippen molar-refractivity contribution in [2.24, 2.45) is 5.73 Å². The molecule has 0 bridgehead atoms. The molecule has 3 nitrogen and oxygen atoms in total. The molecule has 1 aromatic heterocycles. The molecule has 0 spiro atoms. The lowest BCUT2D eigenvalue weighted by atomic mass is 10.2. The molecule has 0 amide bonds. The summed E-state index contributed by atoms with van der Waals surface area (Å²) in [6.45, 7) is 3.42. The number of halogens is 1. The van der Waals surface area contributed by atoms with Gasteiger partial charge in [-0.15, -0.1) is 11.3 Å². The first kappa shape index (κ1) is 13.5. The first-order valence-corrected chi connectivity index (χ1v) is 7.33. The lowest BCUT2D eigenvalue weighted by Gasteiger charge is -2.15. The standard InChI is InChI=1S/C13H16BrN3S/c1-9-12(7-15)18-13(16-9)17(2)8-10-4-3-5-11(14)6-10/h3-6H,7-8,15H2,1-2H3. The van der Waals surface area contributed by atoms with Gasteiger partial charge in [0, 0.05) is 29.5 Å². The zero-order chi connectivity index (χ0) is 13.1. The molecule has 0 aliphatic carbocycles. The van der Waals surface area contributed by atoms with Gasteiger partial charge in [0.05, 0.1) is 5.69 Å². The fourth-order valence-electron chi connectivity index (χ4n) is 1.74. The van der Waals surface area contributed by atoms with Crippen LogP contribution in [0.3, 0.4) is 0 Å². The zero-order valence-corrected chi connectivity index (χ0v) is 12.9. The van der Waals surface area contributed by atoms with Crippen LogP contribution in [-0.2, 0) is 13.1 Å². The third-order valence-electron chi connectivity index (χ3n) is 2.70. The third kappa shape index (κ3) is 3.10. The van der Waals surface area contributed by atoms with E-state index in [0.717, 1.165) is 26.7 Å². The van der Waals surface area contributed by atoms with Gasteiger partial charge in [0.15, 0.2) is 5.13 Å². The summed E-state index contributed by atoms with van der Waals surface area (Å²) in [6, 6.07) is 8.32. The van der Waals surface area contributed by atoms with Crippen LogP contribution in [-0.4, -0.2) is 12.0 Å². The minimum absolute atomic E-state index is 0.564. The first-order chi connectivity index (χ1) is 8.60. The van der Waals surface area contributed by atoms with Crippen LogP contribution < -0.4 is 10.6 Å². The molecule has 2 aromatic rings. The number of nitrogens with zero attached hydrogens (tertiary/aromatic N) is 2. The Morgan fingerprint density at radius 1 is 1.44 bits per heavy atom. The predicted molar refractivity (Wildman–Crippen MR) is 81.0 cm³/mol. The summed E-state index contributed by atoms with van der Waals surface area (Å²) in [5, 5.41) is 1.02. The average molecular weight is 326 g/mol. The summed E-state index contributed by atoms with van der Waals surface area (Å²) in [6.07, 6.45) is 0. The molecule has 0 radical (unpaired) electrons. The molecule has 0 saturated carbocycles. The molecule has 96 valence electrons. The van der Waals surface area contributed by atoms with Gasteiger partial charge in [-0.25, -0.2) is 4.98 Å². The molecule has 5 heteroatoms. The van der Waals surface area contributed by atoms with Crippen molar-refractivity contribution in [3.05, 3.63) is 44.9 Å². The Morgan fingerprint density at radius 3 is 2.83 bits per heavy atom. The highest BCUT2D eigenvalue weighted by molar-refractivity contribution is 9.10. The molecule has 0 fully saturated rings. The number of benzene rings is 1. The fourth-order valence-corrected chi connectivity index (χ4v) is 3.09. The van der Waals surface area contributed by atoms with Gasteiger partial charge in [-0.2, -0.15) is 0 Å². The Hall–Kier alpha value is -0.910. The van der Waals surface area contributed by atoms with E-state index in [2.05, 4.69) is 45.0 Å². The van der Waals surface area contributed by atoms with Gasteiger partial charge in [0.25, 0.3) is 0 Å². The Bertz CT molecular complexity index is 539. The van der Waals surface area contributed by atoms with E-state index in [1.807, 2.05) is 19.1 Å². The summed E-state index contributed by atoms with van der Waals surface area (Å²) in [7, 11) is 2.06. The van der Waals surface area contributed by atoms with E-state index < -0.39 is 0 Å². The van der Waals surface area contributed by atoms with Crippen molar-refractivity contribution in [1.82, 2.24) is 4.98 Å². The Kier molecular flexibility index (Phi) is 4.37. The van der Waals surface area contributed by atoms with Gasteiger partial charge in [0.1, 0.15) is 0 Å². The van der Waals surface area contributed by atoms with E-state index in [1.165, 1.54) is 5.56 Å². The largest absolute Gasteiger partial charge is 0.347 e. The Balaban J connectivity index is 2.13. The van der Waals surface area contributed by atoms with Crippen molar-refractivity contribution in [2.75, 3.05) is 11.9 Å². The Morgan fingerprint density at radius 2 is 2.22 bits per heavy atom. The summed E-state index contributed by atoms with van der Waals surface area (Å²) in [5.41, 5.74) is 7.98. The lowest BCUT2D eigenvalue weighted by Crippen LogP contribution is -2.16. The maximum atomic E-state index is 5.68. The average Bonchev–Trinajstić information content (AvgIpc) is 2.70. The number of nitrogens with two attached hydrogens (primary N) is 1. The molecule has 2 rings (SSSR count). The van der Waals surface area contributed by atoms with E-state index in [-0.39, 0.29) is 0 Å². The van der Waals surface area contributed by atoms with E-state index in [1.54, 1.807) is 11.3 Å². The van der Waals surface area contributed by atoms with Crippen LogP contribution in [0.15, 0.2) is 28.7 Å². The van der Waals surface area contributed by atoms with Gasteiger partial charge in [-0.05, 0) is 24.6 Å². The molecule has 18 heavy (non-hydrogen) atoms. The third-order valence-corrected chi connectivity index (χ3v) is 4.49. The van der Waals surface area contributed by atoms with Crippen LogP contribution in [0, 0.1) is 6.92 Å². The molecular weight excluding hydrogens is 310 g/mol. The van der Waals surface area contributed by atoms with Crippen LogP contribution in [0.2, 0.25) is 0 Å². The lowest BCUT2D eigenvalue weighted by molar-refractivity contribution is 0.909. The second-order valence-corrected chi connectivity index (χ2v) is 6.17. The number of hydrogen-bond donors (Lipinski definition) is 1. The van der Waals surface area contributed by atoms with E-state index in [9.17, 15) is 0 Å². The second kappa shape index (κ2) is 5.82. The quantitative estimate of drug-likeness (QED) is 0.937.